The number of aromatic nitrogens is 1. The fraction of sp³-hybridized carbons (Fsp3) is 0.312. The summed E-state index contributed by atoms with van der Waals surface area (Å²) in [4.78, 5) is 6.39. The molecular formula is C16H17BrFN3. The Morgan fingerprint density at radius 3 is 2.90 bits per heavy atom. The molecule has 110 valence electrons. The van der Waals surface area contributed by atoms with Crippen LogP contribution in [-0.4, -0.2) is 29.5 Å². The van der Waals surface area contributed by atoms with Crippen LogP contribution in [0.4, 0.5) is 4.39 Å². The SMILES string of the molecule is Fc1ccc(Br)cc1CN1CCNCC1c1ccncc1. The largest absolute Gasteiger partial charge is 0.314 e. The van der Waals surface area contributed by atoms with E-state index in [1.807, 2.05) is 30.6 Å². The Morgan fingerprint density at radius 2 is 2.10 bits per heavy atom. The van der Waals surface area contributed by atoms with Gasteiger partial charge in [-0.05, 0) is 35.9 Å². The lowest BCUT2D eigenvalue weighted by atomic mass is 10.0. The molecular weight excluding hydrogens is 333 g/mol. The van der Waals surface area contributed by atoms with E-state index in [4.69, 9.17) is 0 Å². The van der Waals surface area contributed by atoms with Crippen LogP contribution in [0.15, 0.2) is 47.2 Å². The molecule has 3 nitrogen and oxygen atoms in total. The third-order valence-electron chi connectivity index (χ3n) is 3.83. The minimum atomic E-state index is -0.148. The van der Waals surface area contributed by atoms with Crippen molar-refractivity contribution in [1.82, 2.24) is 15.2 Å². The monoisotopic (exact) mass is 349 g/mol. The second kappa shape index (κ2) is 6.64. The molecule has 5 heteroatoms. The average Bonchev–Trinajstić information content (AvgIpc) is 2.52. The zero-order valence-electron chi connectivity index (χ0n) is 11.6. The molecule has 1 aromatic heterocycles. The van der Waals surface area contributed by atoms with Crippen LogP contribution in [0.1, 0.15) is 17.2 Å². The van der Waals surface area contributed by atoms with Crippen LogP contribution in [0.2, 0.25) is 0 Å². The van der Waals surface area contributed by atoms with Gasteiger partial charge in [0, 0.05) is 54.7 Å². The van der Waals surface area contributed by atoms with E-state index >= 15 is 0 Å². The molecule has 1 N–H and O–H groups in total. The van der Waals surface area contributed by atoms with E-state index in [1.54, 1.807) is 6.07 Å². The minimum absolute atomic E-state index is 0.148. The highest BCUT2D eigenvalue weighted by Gasteiger charge is 2.24. The van der Waals surface area contributed by atoms with Gasteiger partial charge in [0.25, 0.3) is 0 Å². The van der Waals surface area contributed by atoms with Gasteiger partial charge in [-0.15, -0.1) is 0 Å². The molecule has 1 unspecified atom stereocenters. The summed E-state index contributed by atoms with van der Waals surface area (Å²) < 4.78 is 14.9. The molecule has 1 saturated heterocycles. The molecule has 1 aromatic carbocycles. The normalized spacial score (nSPS) is 19.6. The van der Waals surface area contributed by atoms with Crippen LogP contribution in [0.25, 0.3) is 0 Å². The topological polar surface area (TPSA) is 28.2 Å². The summed E-state index contributed by atoms with van der Waals surface area (Å²) in [5, 5.41) is 3.41. The summed E-state index contributed by atoms with van der Waals surface area (Å²) >= 11 is 3.42. The summed E-state index contributed by atoms with van der Waals surface area (Å²) in [5.74, 6) is -0.148. The first-order chi connectivity index (χ1) is 10.2. The Hall–Kier alpha value is -1.30. The van der Waals surface area contributed by atoms with E-state index in [2.05, 4.69) is 31.1 Å². The molecule has 0 bridgehead atoms. The number of piperazine rings is 1. The molecule has 1 atom stereocenters. The molecule has 0 spiro atoms. The summed E-state index contributed by atoms with van der Waals surface area (Å²) in [6, 6.07) is 9.42. The number of pyridine rings is 1. The Labute approximate surface area is 132 Å². The van der Waals surface area contributed by atoms with Crippen LogP contribution in [-0.2, 0) is 6.54 Å². The Kier molecular flexibility index (Phi) is 4.63. The molecule has 1 aliphatic rings. The molecule has 0 amide bonds. The zero-order valence-corrected chi connectivity index (χ0v) is 13.2. The average molecular weight is 350 g/mol. The zero-order chi connectivity index (χ0) is 14.7. The molecule has 0 radical (unpaired) electrons. The van der Waals surface area contributed by atoms with Gasteiger partial charge < -0.3 is 5.32 Å². The van der Waals surface area contributed by atoms with Gasteiger partial charge in [0.05, 0.1) is 0 Å². The van der Waals surface area contributed by atoms with Gasteiger partial charge in [-0.25, -0.2) is 4.39 Å². The van der Waals surface area contributed by atoms with Crippen molar-refractivity contribution in [1.29, 1.82) is 0 Å². The first kappa shape index (κ1) is 14.6. The first-order valence-corrected chi connectivity index (χ1v) is 7.82. The highest BCUT2D eigenvalue weighted by molar-refractivity contribution is 9.10. The molecule has 21 heavy (non-hydrogen) atoms. The first-order valence-electron chi connectivity index (χ1n) is 7.02. The number of hydrogen-bond acceptors (Lipinski definition) is 3. The van der Waals surface area contributed by atoms with E-state index in [0.717, 1.165) is 29.7 Å². The molecule has 1 aliphatic heterocycles. The Balaban J connectivity index is 1.83. The fourth-order valence-corrected chi connectivity index (χ4v) is 3.14. The standard InChI is InChI=1S/C16H17BrFN3/c17-14-1-2-15(18)13(9-14)11-21-8-7-20-10-16(21)12-3-5-19-6-4-12/h1-6,9,16,20H,7-8,10-11H2. The van der Waals surface area contributed by atoms with Crippen molar-refractivity contribution in [2.75, 3.05) is 19.6 Å². The Morgan fingerprint density at radius 1 is 1.29 bits per heavy atom. The Bertz CT molecular complexity index is 606. The molecule has 2 heterocycles. The van der Waals surface area contributed by atoms with E-state index in [0.29, 0.717) is 6.54 Å². The summed E-state index contributed by atoms with van der Waals surface area (Å²) in [6.45, 7) is 3.32. The second-order valence-electron chi connectivity index (χ2n) is 5.21. The van der Waals surface area contributed by atoms with Gasteiger partial charge in [0.15, 0.2) is 0 Å². The maximum Gasteiger partial charge on any atom is 0.127 e. The highest BCUT2D eigenvalue weighted by Crippen LogP contribution is 2.25. The van der Waals surface area contributed by atoms with E-state index in [9.17, 15) is 4.39 Å². The van der Waals surface area contributed by atoms with Crippen molar-refractivity contribution in [3.8, 4) is 0 Å². The van der Waals surface area contributed by atoms with Crippen LogP contribution >= 0.6 is 15.9 Å². The van der Waals surface area contributed by atoms with Gasteiger partial charge in [-0.2, -0.15) is 0 Å². The second-order valence-corrected chi connectivity index (χ2v) is 6.12. The summed E-state index contributed by atoms with van der Waals surface area (Å²) in [6.07, 6.45) is 3.61. The molecule has 0 aliphatic carbocycles. The van der Waals surface area contributed by atoms with Crippen molar-refractivity contribution < 1.29 is 4.39 Å². The van der Waals surface area contributed by atoms with Crippen molar-refractivity contribution in [3.63, 3.8) is 0 Å². The molecule has 0 saturated carbocycles. The van der Waals surface area contributed by atoms with Crippen molar-refractivity contribution >= 4 is 15.9 Å². The lowest BCUT2D eigenvalue weighted by Gasteiger charge is -2.36. The number of nitrogens with zero attached hydrogens (tertiary/aromatic N) is 2. The number of hydrogen-bond donors (Lipinski definition) is 1. The number of nitrogens with one attached hydrogen (secondary N) is 1. The lowest BCUT2D eigenvalue weighted by Crippen LogP contribution is -2.45. The summed E-state index contributed by atoms with van der Waals surface area (Å²) in [7, 11) is 0. The van der Waals surface area contributed by atoms with E-state index in [1.165, 1.54) is 11.6 Å². The third-order valence-corrected chi connectivity index (χ3v) is 4.32. The van der Waals surface area contributed by atoms with Crippen LogP contribution in [0.5, 0.6) is 0 Å². The van der Waals surface area contributed by atoms with Gasteiger partial charge in [0.1, 0.15) is 5.82 Å². The van der Waals surface area contributed by atoms with Crippen LogP contribution in [0.3, 0.4) is 0 Å². The highest BCUT2D eigenvalue weighted by atomic mass is 79.9. The van der Waals surface area contributed by atoms with Crippen molar-refractivity contribution in [3.05, 3.63) is 64.1 Å². The number of halogens is 2. The molecule has 3 rings (SSSR count). The van der Waals surface area contributed by atoms with Gasteiger partial charge >= 0.3 is 0 Å². The molecule has 2 aromatic rings. The smallest absolute Gasteiger partial charge is 0.127 e. The van der Waals surface area contributed by atoms with Crippen LogP contribution < -0.4 is 5.32 Å². The predicted octanol–water partition coefficient (Wildman–Crippen LogP) is 3.13. The van der Waals surface area contributed by atoms with Gasteiger partial charge in [0.2, 0.25) is 0 Å². The minimum Gasteiger partial charge on any atom is -0.314 e. The summed E-state index contributed by atoms with van der Waals surface area (Å²) in [5.41, 5.74) is 1.94. The van der Waals surface area contributed by atoms with Crippen molar-refractivity contribution in [2.45, 2.75) is 12.6 Å². The maximum atomic E-state index is 14.0. The predicted molar refractivity (Wildman–Crippen MR) is 84.4 cm³/mol. The quantitative estimate of drug-likeness (QED) is 0.922. The third kappa shape index (κ3) is 3.48. The van der Waals surface area contributed by atoms with E-state index in [-0.39, 0.29) is 11.9 Å². The fourth-order valence-electron chi connectivity index (χ4n) is 2.73. The maximum absolute atomic E-state index is 14.0. The van der Waals surface area contributed by atoms with E-state index < -0.39 is 0 Å². The number of benzene rings is 1. The lowest BCUT2D eigenvalue weighted by molar-refractivity contribution is 0.152. The van der Waals surface area contributed by atoms with Gasteiger partial charge in [-0.3, -0.25) is 9.88 Å². The van der Waals surface area contributed by atoms with Crippen molar-refractivity contribution in [2.24, 2.45) is 0 Å². The van der Waals surface area contributed by atoms with Gasteiger partial charge in [-0.1, -0.05) is 15.9 Å². The molecule has 1 fully saturated rings. The van der Waals surface area contributed by atoms with Crippen LogP contribution in [0, 0.1) is 5.82 Å². The number of rotatable bonds is 3.